The van der Waals surface area contributed by atoms with Crippen molar-refractivity contribution in [2.45, 2.75) is 25.9 Å². The quantitative estimate of drug-likeness (QED) is 0.748. The van der Waals surface area contributed by atoms with Gasteiger partial charge in [-0.3, -0.25) is 4.79 Å². The molecule has 0 saturated heterocycles. The van der Waals surface area contributed by atoms with Crippen molar-refractivity contribution in [1.29, 1.82) is 0 Å². The zero-order chi connectivity index (χ0) is 16.8. The van der Waals surface area contributed by atoms with Crippen LogP contribution in [0.2, 0.25) is 5.02 Å². The van der Waals surface area contributed by atoms with Crippen molar-refractivity contribution in [2.75, 3.05) is 6.54 Å². The van der Waals surface area contributed by atoms with Crippen molar-refractivity contribution >= 4 is 33.4 Å². The second kappa shape index (κ2) is 8.48. The van der Waals surface area contributed by atoms with E-state index in [4.69, 9.17) is 11.6 Å². The van der Waals surface area contributed by atoms with E-state index in [0.717, 1.165) is 15.6 Å². The zero-order valence-electron chi connectivity index (χ0n) is 13.1. The third-order valence-corrected chi connectivity index (χ3v) is 4.76. The van der Waals surface area contributed by atoms with Crippen LogP contribution >= 0.6 is 27.5 Å². The third kappa shape index (κ3) is 5.06. The molecule has 0 aliphatic heterocycles. The largest absolute Gasteiger partial charge is 0.348 e. The molecule has 5 heteroatoms. The summed E-state index contributed by atoms with van der Waals surface area (Å²) in [6.45, 7) is 4.20. The minimum atomic E-state index is -0.0597. The lowest BCUT2D eigenvalue weighted by Gasteiger charge is -2.18. The number of hydrogen-bond donors (Lipinski definition) is 2. The van der Waals surface area contributed by atoms with Gasteiger partial charge in [0, 0.05) is 15.5 Å². The molecule has 0 bridgehead atoms. The van der Waals surface area contributed by atoms with Crippen LogP contribution in [0.3, 0.4) is 0 Å². The summed E-state index contributed by atoms with van der Waals surface area (Å²) in [4.78, 5) is 12.1. The molecule has 3 nitrogen and oxygen atoms in total. The van der Waals surface area contributed by atoms with Crippen LogP contribution in [0.5, 0.6) is 0 Å². The monoisotopic (exact) mass is 394 g/mol. The summed E-state index contributed by atoms with van der Waals surface area (Å²) < 4.78 is 0.991. The van der Waals surface area contributed by atoms with Crippen LogP contribution in [0.15, 0.2) is 53.0 Å². The van der Waals surface area contributed by atoms with E-state index in [1.807, 2.05) is 62.4 Å². The molecule has 0 fully saturated rings. The Labute approximate surface area is 150 Å². The van der Waals surface area contributed by atoms with Gasteiger partial charge in [0.05, 0.1) is 12.6 Å². The SMILES string of the molecule is C[C@H](NC(=O)CN[C@H](C)c1ccccc1Cl)c1ccccc1Br. The van der Waals surface area contributed by atoms with Gasteiger partial charge < -0.3 is 10.6 Å². The fourth-order valence-corrected chi connectivity index (χ4v) is 3.31. The summed E-state index contributed by atoms with van der Waals surface area (Å²) in [6.07, 6.45) is 0. The summed E-state index contributed by atoms with van der Waals surface area (Å²) in [5.74, 6) is -0.0489. The van der Waals surface area contributed by atoms with Crippen LogP contribution < -0.4 is 10.6 Å². The highest BCUT2D eigenvalue weighted by atomic mass is 79.9. The standard InChI is InChI=1S/C18H20BrClN2O/c1-12(15-8-4-6-10-17(15)20)21-11-18(23)22-13(2)14-7-3-5-9-16(14)19/h3-10,12-13,21H,11H2,1-2H3,(H,22,23)/t12-,13+/m1/s1. The maximum atomic E-state index is 12.1. The number of carbonyl (C=O) groups excluding carboxylic acids is 1. The molecule has 0 radical (unpaired) electrons. The number of carbonyl (C=O) groups is 1. The predicted molar refractivity (Wildman–Crippen MR) is 98.6 cm³/mol. The van der Waals surface area contributed by atoms with E-state index in [-0.39, 0.29) is 24.5 Å². The average Bonchev–Trinajstić information content (AvgIpc) is 2.53. The summed E-state index contributed by atoms with van der Waals surface area (Å²) in [5, 5.41) is 6.90. The number of benzene rings is 2. The molecular weight excluding hydrogens is 376 g/mol. The molecule has 1 amide bonds. The first-order chi connectivity index (χ1) is 11.0. The van der Waals surface area contributed by atoms with Crippen LogP contribution in [0.25, 0.3) is 0 Å². The number of amides is 1. The lowest BCUT2D eigenvalue weighted by molar-refractivity contribution is -0.121. The van der Waals surface area contributed by atoms with E-state index in [1.54, 1.807) is 0 Å². The molecule has 0 aromatic heterocycles. The number of rotatable bonds is 6. The number of hydrogen-bond acceptors (Lipinski definition) is 2. The molecule has 2 aromatic rings. The molecule has 2 N–H and O–H groups in total. The second-order valence-electron chi connectivity index (χ2n) is 5.43. The zero-order valence-corrected chi connectivity index (χ0v) is 15.5. The first-order valence-corrected chi connectivity index (χ1v) is 8.67. The Bertz CT molecular complexity index is 678. The van der Waals surface area contributed by atoms with Gasteiger partial charge in [0.15, 0.2) is 0 Å². The Hall–Kier alpha value is -1.36. The van der Waals surface area contributed by atoms with E-state index in [0.29, 0.717) is 5.02 Å². The van der Waals surface area contributed by atoms with Crippen molar-refractivity contribution in [1.82, 2.24) is 10.6 Å². The lowest BCUT2D eigenvalue weighted by atomic mass is 10.1. The highest BCUT2D eigenvalue weighted by Crippen LogP contribution is 2.23. The molecule has 0 spiro atoms. The lowest BCUT2D eigenvalue weighted by Crippen LogP contribution is -2.36. The summed E-state index contributed by atoms with van der Waals surface area (Å²) >= 11 is 9.68. The molecule has 2 atom stereocenters. The van der Waals surface area contributed by atoms with Crippen LogP contribution in [0, 0.1) is 0 Å². The van der Waals surface area contributed by atoms with E-state index >= 15 is 0 Å². The van der Waals surface area contributed by atoms with Gasteiger partial charge in [0.25, 0.3) is 0 Å². The average molecular weight is 396 g/mol. The Morgan fingerprint density at radius 3 is 2.30 bits per heavy atom. The topological polar surface area (TPSA) is 41.1 Å². The molecule has 122 valence electrons. The molecule has 0 aliphatic carbocycles. The van der Waals surface area contributed by atoms with Crippen LogP contribution in [0.1, 0.15) is 37.1 Å². The fourth-order valence-electron chi connectivity index (χ4n) is 2.38. The number of nitrogens with one attached hydrogen (secondary N) is 2. The molecule has 2 aromatic carbocycles. The predicted octanol–water partition coefficient (Wildman–Crippen LogP) is 4.63. The molecule has 0 heterocycles. The van der Waals surface area contributed by atoms with Crippen molar-refractivity contribution in [3.8, 4) is 0 Å². The molecular formula is C18H20BrClN2O. The Kier molecular flexibility index (Phi) is 6.63. The molecule has 0 saturated carbocycles. The number of halogens is 2. The highest BCUT2D eigenvalue weighted by molar-refractivity contribution is 9.10. The molecule has 0 unspecified atom stereocenters. The van der Waals surface area contributed by atoms with Crippen molar-refractivity contribution in [2.24, 2.45) is 0 Å². The van der Waals surface area contributed by atoms with Crippen molar-refractivity contribution in [3.05, 3.63) is 69.2 Å². The van der Waals surface area contributed by atoms with E-state index in [9.17, 15) is 4.79 Å². The Morgan fingerprint density at radius 2 is 1.65 bits per heavy atom. The first-order valence-electron chi connectivity index (χ1n) is 7.50. The summed E-state index contributed by atoms with van der Waals surface area (Å²) in [7, 11) is 0. The summed E-state index contributed by atoms with van der Waals surface area (Å²) in [6, 6.07) is 15.5. The highest BCUT2D eigenvalue weighted by Gasteiger charge is 2.14. The third-order valence-electron chi connectivity index (χ3n) is 3.69. The van der Waals surface area contributed by atoms with Gasteiger partial charge in [-0.05, 0) is 37.1 Å². The van der Waals surface area contributed by atoms with Gasteiger partial charge in [0.1, 0.15) is 0 Å². The smallest absolute Gasteiger partial charge is 0.234 e. The fraction of sp³-hybridized carbons (Fsp3) is 0.278. The normalized spacial score (nSPS) is 13.4. The van der Waals surface area contributed by atoms with Crippen LogP contribution in [-0.4, -0.2) is 12.5 Å². The van der Waals surface area contributed by atoms with Gasteiger partial charge in [-0.15, -0.1) is 0 Å². The van der Waals surface area contributed by atoms with E-state index < -0.39 is 0 Å². The summed E-state index contributed by atoms with van der Waals surface area (Å²) in [5.41, 5.74) is 2.04. The maximum absolute atomic E-state index is 12.1. The second-order valence-corrected chi connectivity index (χ2v) is 6.70. The van der Waals surface area contributed by atoms with Gasteiger partial charge in [-0.1, -0.05) is 63.9 Å². The van der Waals surface area contributed by atoms with Crippen LogP contribution in [-0.2, 0) is 4.79 Å². The maximum Gasteiger partial charge on any atom is 0.234 e. The minimum Gasteiger partial charge on any atom is -0.348 e. The first kappa shape index (κ1) is 18.0. The molecule has 0 aliphatic rings. The van der Waals surface area contributed by atoms with Gasteiger partial charge in [-0.25, -0.2) is 0 Å². The molecule has 23 heavy (non-hydrogen) atoms. The van der Waals surface area contributed by atoms with Crippen LogP contribution in [0.4, 0.5) is 0 Å². The van der Waals surface area contributed by atoms with Gasteiger partial charge >= 0.3 is 0 Å². The van der Waals surface area contributed by atoms with Crippen molar-refractivity contribution < 1.29 is 4.79 Å². The Morgan fingerprint density at radius 1 is 1.04 bits per heavy atom. The van der Waals surface area contributed by atoms with Gasteiger partial charge in [0.2, 0.25) is 5.91 Å². The van der Waals surface area contributed by atoms with Gasteiger partial charge in [-0.2, -0.15) is 0 Å². The van der Waals surface area contributed by atoms with Crippen molar-refractivity contribution in [3.63, 3.8) is 0 Å². The minimum absolute atomic E-state index is 0.00761. The molecule has 2 rings (SSSR count). The van der Waals surface area contributed by atoms with E-state index in [1.165, 1.54) is 0 Å². The van der Waals surface area contributed by atoms with E-state index in [2.05, 4.69) is 26.6 Å². The Balaban J connectivity index is 1.88.